The second-order valence-corrected chi connectivity index (χ2v) is 4.14. The SMILES string of the molecule is Nc1cncc(C(=O)N2CCC(N)CC2)c1. The molecular formula is C11H16N4O. The highest BCUT2D eigenvalue weighted by atomic mass is 16.2. The lowest BCUT2D eigenvalue weighted by atomic mass is 10.1. The minimum absolute atomic E-state index is 0.00769. The molecule has 0 saturated carbocycles. The predicted molar refractivity (Wildman–Crippen MR) is 61.8 cm³/mol. The lowest BCUT2D eigenvalue weighted by Crippen LogP contribution is -2.42. The first-order valence-corrected chi connectivity index (χ1v) is 5.42. The van der Waals surface area contributed by atoms with E-state index in [2.05, 4.69) is 4.98 Å². The molecule has 5 nitrogen and oxygen atoms in total. The van der Waals surface area contributed by atoms with Gasteiger partial charge in [0, 0.05) is 31.5 Å². The van der Waals surface area contributed by atoms with Crippen molar-refractivity contribution in [1.82, 2.24) is 9.88 Å². The van der Waals surface area contributed by atoms with E-state index in [1.165, 1.54) is 6.20 Å². The zero-order chi connectivity index (χ0) is 11.5. The Bertz CT molecular complexity index is 385. The van der Waals surface area contributed by atoms with E-state index < -0.39 is 0 Å². The van der Waals surface area contributed by atoms with Crippen molar-refractivity contribution in [3.63, 3.8) is 0 Å². The highest BCUT2D eigenvalue weighted by molar-refractivity contribution is 5.94. The van der Waals surface area contributed by atoms with Gasteiger partial charge in [0.05, 0.1) is 11.3 Å². The summed E-state index contributed by atoms with van der Waals surface area (Å²) in [6, 6.07) is 1.88. The Morgan fingerprint density at radius 1 is 1.38 bits per heavy atom. The quantitative estimate of drug-likeness (QED) is 0.709. The van der Waals surface area contributed by atoms with Crippen LogP contribution in [-0.4, -0.2) is 34.9 Å². The van der Waals surface area contributed by atoms with Crippen molar-refractivity contribution in [2.75, 3.05) is 18.8 Å². The van der Waals surface area contributed by atoms with Crippen molar-refractivity contribution in [3.05, 3.63) is 24.0 Å². The average Bonchev–Trinajstić information content (AvgIpc) is 2.29. The molecule has 0 spiro atoms. The monoisotopic (exact) mass is 220 g/mol. The molecule has 2 rings (SSSR count). The van der Waals surface area contributed by atoms with Crippen molar-refractivity contribution >= 4 is 11.6 Å². The summed E-state index contributed by atoms with van der Waals surface area (Å²) in [7, 11) is 0. The van der Waals surface area contributed by atoms with Crippen LogP contribution in [0, 0.1) is 0 Å². The molecule has 1 saturated heterocycles. The molecule has 1 aromatic heterocycles. The van der Waals surface area contributed by atoms with Gasteiger partial charge >= 0.3 is 0 Å². The summed E-state index contributed by atoms with van der Waals surface area (Å²) in [6.07, 6.45) is 4.80. The Morgan fingerprint density at radius 2 is 2.06 bits per heavy atom. The van der Waals surface area contributed by atoms with E-state index in [1.54, 1.807) is 17.2 Å². The minimum atomic E-state index is -0.00769. The van der Waals surface area contributed by atoms with Crippen LogP contribution in [0.5, 0.6) is 0 Å². The molecule has 1 aliphatic heterocycles. The summed E-state index contributed by atoms with van der Waals surface area (Å²) < 4.78 is 0. The molecule has 1 amide bonds. The molecule has 0 atom stereocenters. The number of nitrogens with two attached hydrogens (primary N) is 2. The Balaban J connectivity index is 2.08. The van der Waals surface area contributed by atoms with Gasteiger partial charge in [0.2, 0.25) is 0 Å². The molecule has 0 aliphatic carbocycles. The number of nitrogen functional groups attached to an aromatic ring is 1. The van der Waals surface area contributed by atoms with Crippen LogP contribution >= 0.6 is 0 Å². The first-order chi connectivity index (χ1) is 7.66. The topological polar surface area (TPSA) is 85.2 Å². The summed E-state index contributed by atoms with van der Waals surface area (Å²) in [6.45, 7) is 1.43. The number of aromatic nitrogens is 1. The lowest BCUT2D eigenvalue weighted by molar-refractivity contribution is 0.0714. The van der Waals surface area contributed by atoms with E-state index in [0.29, 0.717) is 11.3 Å². The van der Waals surface area contributed by atoms with Gasteiger partial charge in [-0.2, -0.15) is 0 Å². The number of nitrogens with zero attached hydrogens (tertiary/aromatic N) is 2. The average molecular weight is 220 g/mol. The highest BCUT2D eigenvalue weighted by Crippen LogP contribution is 2.13. The summed E-state index contributed by atoms with van der Waals surface area (Å²) in [4.78, 5) is 17.8. The van der Waals surface area contributed by atoms with Crippen LogP contribution in [0.25, 0.3) is 0 Å². The van der Waals surface area contributed by atoms with Gasteiger partial charge in [-0.25, -0.2) is 0 Å². The normalized spacial score (nSPS) is 17.4. The van der Waals surface area contributed by atoms with E-state index in [1.807, 2.05) is 0 Å². The summed E-state index contributed by atoms with van der Waals surface area (Å²) in [5.74, 6) is -0.00769. The maximum Gasteiger partial charge on any atom is 0.255 e. The van der Waals surface area contributed by atoms with Crippen molar-refractivity contribution in [2.45, 2.75) is 18.9 Å². The largest absolute Gasteiger partial charge is 0.397 e. The summed E-state index contributed by atoms with van der Waals surface area (Å²) >= 11 is 0. The van der Waals surface area contributed by atoms with E-state index in [0.717, 1.165) is 25.9 Å². The Hall–Kier alpha value is -1.62. The van der Waals surface area contributed by atoms with Crippen LogP contribution in [0.2, 0.25) is 0 Å². The van der Waals surface area contributed by atoms with E-state index >= 15 is 0 Å². The van der Waals surface area contributed by atoms with Gasteiger partial charge in [-0.1, -0.05) is 0 Å². The van der Waals surface area contributed by atoms with Crippen LogP contribution in [0.4, 0.5) is 5.69 Å². The zero-order valence-corrected chi connectivity index (χ0v) is 9.10. The van der Waals surface area contributed by atoms with Crippen molar-refractivity contribution in [2.24, 2.45) is 5.73 Å². The van der Waals surface area contributed by atoms with Crippen LogP contribution in [0.1, 0.15) is 23.2 Å². The third kappa shape index (κ3) is 2.30. The van der Waals surface area contributed by atoms with Crippen molar-refractivity contribution in [1.29, 1.82) is 0 Å². The minimum Gasteiger partial charge on any atom is -0.397 e. The third-order valence-corrected chi connectivity index (χ3v) is 2.83. The van der Waals surface area contributed by atoms with Crippen LogP contribution in [0.15, 0.2) is 18.5 Å². The van der Waals surface area contributed by atoms with E-state index in [-0.39, 0.29) is 11.9 Å². The molecule has 0 radical (unpaired) electrons. The first-order valence-electron chi connectivity index (χ1n) is 5.42. The fraction of sp³-hybridized carbons (Fsp3) is 0.455. The van der Waals surface area contributed by atoms with Crippen molar-refractivity contribution < 1.29 is 4.79 Å². The molecule has 4 N–H and O–H groups in total. The van der Waals surface area contributed by atoms with Crippen LogP contribution in [0.3, 0.4) is 0 Å². The predicted octanol–water partition coefficient (Wildman–Crippen LogP) is 0.227. The van der Waals surface area contributed by atoms with Crippen LogP contribution < -0.4 is 11.5 Å². The molecular weight excluding hydrogens is 204 g/mol. The Labute approximate surface area is 94.4 Å². The molecule has 16 heavy (non-hydrogen) atoms. The molecule has 0 unspecified atom stereocenters. The zero-order valence-electron chi connectivity index (χ0n) is 9.10. The smallest absolute Gasteiger partial charge is 0.255 e. The van der Waals surface area contributed by atoms with Gasteiger partial charge in [-0.3, -0.25) is 9.78 Å². The summed E-state index contributed by atoms with van der Waals surface area (Å²) in [5.41, 5.74) is 12.4. The van der Waals surface area contributed by atoms with E-state index in [4.69, 9.17) is 11.5 Å². The summed E-state index contributed by atoms with van der Waals surface area (Å²) in [5, 5.41) is 0. The standard InChI is InChI=1S/C11H16N4O/c12-9-1-3-15(4-2-9)11(16)8-5-10(13)7-14-6-8/h5-7,9H,1-4,12-13H2. The van der Waals surface area contributed by atoms with Crippen LogP contribution in [-0.2, 0) is 0 Å². The fourth-order valence-corrected chi connectivity index (χ4v) is 1.86. The number of pyridine rings is 1. The molecule has 1 fully saturated rings. The number of hydrogen-bond acceptors (Lipinski definition) is 4. The number of rotatable bonds is 1. The van der Waals surface area contributed by atoms with Crippen molar-refractivity contribution in [3.8, 4) is 0 Å². The fourth-order valence-electron chi connectivity index (χ4n) is 1.86. The maximum absolute atomic E-state index is 12.0. The Morgan fingerprint density at radius 3 is 2.69 bits per heavy atom. The number of carbonyl (C=O) groups is 1. The third-order valence-electron chi connectivity index (χ3n) is 2.83. The second-order valence-electron chi connectivity index (χ2n) is 4.14. The number of amides is 1. The lowest BCUT2D eigenvalue weighted by Gasteiger charge is -2.30. The van der Waals surface area contributed by atoms with Gasteiger partial charge < -0.3 is 16.4 Å². The molecule has 5 heteroatoms. The molecule has 2 heterocycles. The molecule has 1 aliphatic rings. The number of hydrogen-bond donors (Lipinski definition) is 2. The molecule has 0 aromatic carbocycles. The van der Waals surface area contributed by atoms with Gasteiger partial charge in [0.25, 0.3) is 5.91 Å². The molecule has 0 bridgehead atoms. The van der Waals surface area contributed by atoms with Gasteiger partial charge in [-0.05, 0) is 18.9 Å². The Kier molecular flexibility index (Phi) is 3.05. The van der Waals surface area contributed by atoms with Gasteiger partial charge in [-0.15, -0.1) is 0 Å². The maximum atomic E-state index is 12.0. The first kappa shape index (κ1) is 10.9. The molecule has 1 aromatic rings. The highest BCUT2D eigenvalue weighted by Gasteiger charge is 2.21. The number of piperidine rings is 1. The van der Waals surface area contributed by atoms with E-state index in [9.17, 15) is 4.79 Å². The second kappa shape index (κ2) is 4.49. The van der Waals surface area contributed by atoms with Gasteiger partial charge in [0.15, 0.2) is 0 Å². The number of carbonyl (C=O) groups excluding carboxylic acids is 1. The van der Waals surface area contributed by atoms with Gasteiger partial charge in [0.1, 0.15) is 0 Å². The number of likely N-dealkylation sites (tertiary alicyclic amines) is 1. The molecule has 86 valence electrons. The number of anilines is 1.